The molecule has 0 saturated carbocycles. The van der Waals surface area contributed by atoms with E-state index in [1.165, 1.54) is 6.07 Å². The van der Waals surface area contributed by atoms with E-state index in [2.05, 4.69) is 10.3 Å². The largest absolute Gasteiger partial charge is 0.478 e. The van der Waals surface area contributed by atoms with Crippen molar-refractivity contribution in [2.45, 2.75) is 25.8 Å². The highest BCUT2D eigenvalue weighted by Crippen LogP contribution is 2.29. The van der Waals surface area contributed by atoms with Crippen molar-refractivity contribution in [3.63, 3.8) is 0 Å². The van der Waals surface area contributed by atoms with Gasteiger partial charge in [-0.25, -0.2) is 14.2 Å². The monoisotopic (exact) mass is 358 g/mol. The van der Waals surface area contributed by atoms with Gasteiger partial charge in [-0.3, -0.25) is 4.79 Å². The molecule has 2 aromatic rings. The summed E-state index contributed by atoms with van der Waals surface area (Å²) in [6.45, 7) is 2.59. The molecular formula is C19H19FN2O4. The van der Waals surface area contributed by atoms with Crippen molar-refractivity contribution in [1.82, 2.24) is 10.3 Å². The number of rotatable bonds is 6. The van der Waals surface area contributed by atoms with E-state index in [-0.39, 0.29) is 12.0 Å². The lowest BCUT2D eigenvalue weighted by molar-refractivity contribution is -0.141. The van der Waals surface area contributed by atoms with Gasteiger partial charge in [0.05, 0.1) is 19.6 Å². The van der Waals surface area contributed by atoms with Gasteiger partial charge < -0.3 is 14.8 Å². The van der Waals surface area contributed by atoms with Crippen molar-refractivity contribution in [2.75, 3.05) is 13.2 Å². The molecule has 1 N–H and O–H groups in total. The van der Waals surface area contributed by atoms with Gasteiger partial charge in [0, 0.05) is 18.2 Å². The van der Waals surface area contributed by atoms with E-state index < -0.39 is 23.7 Å². The summed E-state index contributed by atoms with van der Waals surface area (Å²) in [6, 6.07) is 7.53. The molecule has 1 aliphatic rings. The standard InChI is InChI=1S/C19H19FN2O4/c1-2-25-18-14(4-3-8-21-18)12-5-6-13(15(20)10-12)11-17(23)22-16-7-9-26-19(16)24/h3-6,8,10,16H,2,7,9,11H2,1H3,(H,22,23)/t16-/m1/s1. The Kier molecular flexibility index (Phi) is 5.46. The number of nitrogens with one attached hydrogen (secondary N) is 1. The molecule has 0 radical (unpaired) electrons. The van der Waals surface area contributed by atoms with Crippen LogP contribution in [0, 0.1) is 5.82 Å². The van der Waals surface area contributed by atoms with Crippen LogP contribution in [-0.2, 0) is 20.7 Å². The molecule has 6 nitrogen and oxygen atoms in total. The van der Waals surface area contributed by atoms with Crippen molar-refractivity contribution in [1.29, 1.82) is 0 Å². The maximum absolute atomic E-state index is 14.5. The molecule has 1 amide bonds. The van der Waals surface area contributed by atoms with Crippen molar-refractivity contribution in [2.24, 2.45) is 0 Å². The number of amides is 1. The van der Waals surface area contributed by atoms with Crippen molar-refractivity contribution in [3.05, 3.63) is 47.9 Å². The maximum Gasteiger partial charge on any atom is 0.328 e. The second-order valence-electron chi connectivity index (χ2n) is 5.85. The van der Waals surface area contributed by atoms with Crippen LogP contribution in [-0.4, -0.2) is 36.1 Å². The average Bonchev–Trinajstić information content (AvgIpc) is 3.02. The average molecular weight is 358 g/mol. The molecule has 7 heteroatoms. The predicted octanol–water partition coefficient (Wildman–Crippen LogP) is 2.26. The van der Waals surface area contributed by atoms with Crippen LogP contribution in [0.25, 0.3) is 11.1 Å². The van der Waals surface area contributed by atoms with Crippen LogP contribution < -0.4 is 10.1 Å². The minimum absolute atomic E-state index is 0.152. The number of carbonyl (C=O) groups excluding carboxylic acids is 2. The molecule has 2 heterocycles. The van der Waals surface area contributed by atoms with Gasteiger partial charge in [0.15, 0.2) is 0 Å². The van der Waals surface area contributed by atoms with E-state index in [0.29, 0.717) is 36.6 Å². The van der Waals surface area contributed by atoms with Crippen molar-refractivity contribution in [3.8, 4) is 17.0 Å². The zero-order chi connectivity index (χ0) is 18.5. The molecular weight excluding hydrogens is 339 g/mol. The molecule has 3 rings (SSSR count). The van der Waals surface area contributed by atoms with Crippen LogP contribution in [0.3, 0.4) is 0 Å². The molecule has 1 atom stereocenters. The van der Waals surface area contributed by atoms with Crippen LogP contribution in [0.15, 0.2) is 36.5 Å². The van der Waals surface area contributed by atoms with Gasteiger partial charge in [0.25, 0.3) is 0 Å². The first-order valence-corrected chi connectivity index (χ1v) is 8.41. The molecule has 0 bridgehead atoms. The maximum atomic E-state index is 14.5. The molecule has 0 spiro atoms. The molecule has 0 unspecified atom stereocenters. The molecule has 26 heavy (non-hydrogen) atoms. The summed E-state index contributed by atoms with van der Waals surface area (Å²) in [5.41, 5.74) is 1.54. The van der Waals surface area contributed by atoms with Gasteiger partial charge in [0.2, 0.25) is 11.8 Å². The van der Waals surface area contributed by atoms with Crippen LogP contribution in [0.5, 0.6) is 5.88 Å². The van der Waals surface area contributed by atoms with E-state index in [1.54, 1.807) is 30.5 Å². The predicted molar refractivity (Wildman–Crippen MR) is 92.0 cm³/mol. The summed E-state index contributed by atoms with van der Waals surface area (Å²) in [6.07, 6.45) is 1.89. The minimum atomic E-state index is -0.644. The Bertz CT molecular complexity index is 825. The Morgan fingerprint density at radius 3 is 2.96 bits per heavy atom. The lowest BCUT2D eigenvalue weighted by Crippen LogP contribution is -2.38. The van der Waals surface area contributed by atoms with Crippen LogP contribution in [0.1, 0.15) is 18.9 Å². The van der Waals surface area contributed by atoms with E-state index >= 15 is 0 Å². The van der Waals surface area contributed by atoms with Crippen LogP contribution in [0.4, 0.5) is 4.39 Å². The van der Waals surface area contributed by atoms with Gasteiger partial charge in [0.1, 0.15) is 11.9 Å². The van der Waals surface area contributed by atoms with Gasteiger partial charge in [-0.05, 0) is 36.2 Å². The van der Waals surface area contributed by atoms with Gasteiger partial charge >= 0.3 is 5.97 Å². The number of hydrogen-bond donors (Lipinski definition) is 1. The topological polar surface area (TPSA) is 77.5 Å². The van der Waals surface area contributed by atoms with E-state index in [0.717, 1.165) is 0 Å². The second kappa shape index (κ2) is 7.95. The Hall–Kier alpha value is -2.96. The molecule has 1 fully saturated rings. The number of hydrogen-bond acceptors (Lipinski definition) is 5. The Morgan fingerprint density at radius 1 is 1.42 bits per heavy atom. The Morgan fingerprint density at radius 2 is 2.27 bits per heavy atom. The quantitative estimate of drug-likeness (QED) is 0.802. The fourth-order valence-electron chi connectivity index (χ4n) is 2.77. The number of carbonyl (C=O) groups is 2. The fourth-order valence-corrected chi connectivity index (χ4v) is 2.77. The first kappa shape index (κ1) is 17.8. The molecule has 0 aliphatic carbocycles. The molecule has 1 saturated heterocycles. The molecule has 1 aromatic carbocycles. The second-order valence-corrected chi connectivity index (χ2v) is 5.85. The molecule has 136 valence electrons. The number of esters is 1. The first-order valence-electron chi connectivity index (χ1n) is 8.41. The summed E-state index contributed by atoms with van der Waals surface area (Å²) in [7, 11) is 0. The molecule has 1 aliphatic heterocycles. The highest BCUT2D eigenvalue weighted by atomic mass is 19.1. The van der Waals surface area contributed by atoms with Crippen LogP contribution in [0.2, 0.25) is 0 Å². The Labute approximate surface area is 150 Å². The lowest BCUT2D eigenvalue weighted by atomic mass is 10.0. The third kappa shape index (κ3) is 3.99. The van der Waals surface area contributed by atoms with E-state index in [9.17, 15) is 14.0 Å². The van der Waals surface area contributed by atoms with E-state index in [4.69, 9.17) is 9.47 Å². The number of cyclic esters (lactones) is 1. The number of nitrogens with zero attached hydrogens (tertiary/aromatic N) is 1. The number of pyridine rings is 1. The van der Waals surface area contributed by atoms with Crippen LogP contribution >= 0.6 is 0 Å². The third-order valence-corrected chi connectivity index (χ3v) is 4.04. The highest BCUT2D eigenvalue weighted by Gasteiger charge is 2.28. The minimum Gasteiger partial charge on any atom is -0.478 e. The Balaban J connectivity index is 1.73. The third-order valence-electron chi connectivity index (χ3n) is 4.04. The first-order chi connectivity index (χ1) is 12.6. The number of aromatic nitrogens is 1. The molecule has 1 aromatic heterocycles. The van der Waals surface area contributed by atoms with Gasteiger partial charge in [-0.15, -0.1) is 0 Å². The number of benzene rings is 1. The SMILES string of the molecule is CCOc1ncccc1-c1ccc(CC(=O)N[C@@H]2CCOC2=O)c(F)c1. The summed E-state index contributed by atoms with van der Waals surface area (Å²) in [5.74, 6) is -0.941. The normalized spacial score (nSPS) is 16.2. The zero-order valence-corrected chi connectivity index (χ0v) is 14.3. The highest BCUT2D eigenvalue weighted by molar-refractivity contribution is 5.86. The fraction of sp³-hybridized carbons (Fsp3) is 0.316. The zero-order valence-electron chi connectivity index (χ0n) is 14.3. The van der Waals surface area contributed by atoms with Gasteiger partial charge in [-0.1, -0.05) is 12.1 Å². The van der Waals surface area contributed by atoms with Crippen molar-refractivity contribution >= 4 is 11.9 Å². The summed E-state index contributed by atoms with van der Waals surface area (Å²) >= 11 is 0. The van der Waals surface area contributed by atoms with E-state index in [1.807, 2.05) is 6.92 Å². The summed E-state index contributed by atoms with van der Waals surface area (Å²) < 4.78 is 24.7. The number of halogens is 1. The number of ether oxygens (including phenoxy) is 2. The van der Waals surface area contributed by atoms with Crippen molar-refractivity contribution < 1.29 is 23.5 Å². The smallest absolute Gasteiger partial charge is 0.328 e. The lowest BCUT2D eigenvalue weighted by Gasteiger charge is -2.11. The van der Waals surface area contributed by atoms with Gasteiger partial charge in [-0.2, -0.15) is 0 Å². The summed E-state index contributed by atoms with van der Waals surface area (Å²) in [4.78, 5) is 27.6. The summed E-state index contributed by atoms with van der Waals surface area (Å²) in [5, 5.41) is 2.57.